The summed E-state index contributed by atoms with van der Waals surface area (Å²) in [7, 11) is 0. The van der Waals surface area contributed by atoms with Crippen molar-refractivity contribution >= 4 is 23.2 Å². The highest BCUT2D eigenvalue weighted by Crippen LogP contribution is 2.33. The van der Waals surface area contributed by atoms with Crippen LogP contribution >= 0.6 is 23.2 Å². The summed E-state index contributed by atoms with van der Waals surface area (Å²) in [5.41, 5.74) is 1.12. The van der Waals surface area contributed by atoms with Crippen LogP contribution in [0.15, 0.2) is 18.2 Å². The zero-order valence-corrected chi connectivity index (χ0v) is 12.4. The van der Waals surface area contributed by atoms with Gasteiger partial charge >= 0.3 is 0 Å². The van der Waals surface area contributed by atoms with Crippen LogP contribution in [0.2, 0.25) is 10.0 Å². The van der Waals surface area contributed by atoms with Crippen LogP contribution in [-0.2, 0) is 6.42 Å². The second-order valence-electron chi connectivity index (χ2n) is 5.16. The Morgan fingerprint density at radius 3 is 2.61 bits per heavy atom. The van der Waals surface area contributed by atoms with E-state index in [4.69, 9.17) is 23.2 Å². The Morgan fingerprint density at radius 1 is 1.22 bits per heavy atom. The van der Waals surface area contributed by atoms with E-state index in [1.807, 2.05) is 18.2 Å². The number of hydrogen-bond acceptors (Lipinski definition) is 1. The molecule has 0 heterocycles. The van der Waals surface area contributed by atoms with Crippen molar-refractivity contribution in [1.82, 2.24) is 5.32 Å². The van der Waals surface area contributed by atoms with Gasteiger partial charge in [0.15, 0.2) is 0 Å². The maximum absolute atomic E-state index is 6.26. The minimum Gasteiger partial charge on any atom is -0.314 e. The molecule has 1 saturated carbocycles. The Bertz CT molecular complexity index is 372. The van der Waals surface area contributed by atoms with E-state index < -0.39 is 0 Å². The lowest BCUT2D eigenvalue weighted by Crippen LogP contribution is -2.33. The predicted octanol–water partition coefficient (Wildman–Crippen LogP) is 4.70. The lowest BCUT2D eigenvalue weighted by Gasteiger charge is -2.22. The topological polar surface area (TPSA) is 12.0 Å². The molecule has 0 aromatic heterocycles. The molecule has 1 aliphatic rings. The van der Waals surface area contributed by atoms with E-state index in [1.54, 1.807) is 0 Å². The molecule has 3 heteroatoms. The van der Waals surface area contributed by atoms with Gasteiger partial charge in [0, 0.05) is 16.1 Å². The highest BCUT2D eigenvalue weighted by Gasteiger charge is 2.27. The van der Waals surface area contributed by atoms with Crippen molar-refractivity contribution in [2.45, 2.75) is 45.1 Å². The second kappa shape index (κ2) is 6.79. The van der Waals surface area contributed by atoms with Crippen molar-refractivity contribution in [3.63, 3.8) is 0 Å². The van der Waals surface area contributed by atoms with Crippen molar-refractivity contribution < 1.29 is 0 Å². The number of benzene rings is 1. The van der Waals surface area contributed by atoms with Crippen LogP contribution in [-0.4, -0.2) is 12.6 Å². The highest BCUT2D eigenvalue weighted by molar-refractivity contribution is 6.35. The van der Waals surface area contributed by atoms with Crippen LogP contribution in [0.4, 0.5) is 0 Å². The average molecular weight is 286 g/mol. The maximum atomic E-state index is 6.26. The lowest BCUT2D eigenvalue weighted by atomic mass is 9.94. The molecular weight excluding hydrogens is 265 g/mol. The molecule has 0 spiro atoms. The molecule has 2 unspecified atom stereocenters. The molecule has 0 amide bonds. The zero-order valence-electron chi connectivity index (χ0n) is 10.9. The van der Waals surface area contributed by atoms with Crippen LogP contribution in [0.3, 0.4) is 0 Å². The first-order valence-corrected chi connectivity index (χ1v) is 7.64. The molecule has 1 aromatic carbocycles. The molecule has 2 rings (SSSR count). The summed E-state index contributed by atoms with van der Waals surface area (Å²) >= 11 is 12.5. The van der Waals surface area contributed by atoms with Gasteiger partial charge in [-0.05, 0) is 55.8 Å². The Labute approximate surface area is 120 Å². The van der Waals surface area contributed by atoms with E-state index in [2.05, 4.69) is 12.2 Å². The quantitative estimate of drug-likeness (QED) is 0.827. The van der Waals surface area contributed by atoms with E-state index in [-0.39, 0.29) is 0 Å². The van der Waals surface area contributed by atoms with E-state index >= 15 is 0 Å². The summed E-state index contributed by atoms with van der Waals surface area (Å²) in [6, 6.07) is 6.42. The Morgan fingerprint density at radius 2 is 1.94 bits per heavy atom. The fraction of sp³-hybridized carbons (Fsp3) is 0.600. The molecule has 2 atom stereocenters. The summed E-state index contributed by atoms with van der Waals surface area (Å²) in [5.74, 6) is 0.675. The first-order chi connectivity index (χ1) is 8.72. The molecule has 0 saturated heterocycles. The van der Waals surface area contributed by atoms with Crippen molar-refractivity contribution in [1.29, 1.82) is 0 Å². The summed E-state index contributed by atoms with van der Waals surface area (Å²) in [4.78, 5) is 0. The monoisotopic (exact) mass is 285 g/mol. The number of rotatable bonds is 5. The lowest BCUT2D eigenvalue weighted by molar-refractivity contribution is 0.399. The summed E-state index contributed by atoms with van der Waals surface area (Å²) in [5, 5.41) is 5.27. The second-order valence-corrected chi connectivity index (χ2v) is 5.97. The fourth-order valence-electron chi connectivity index (χ4n) is 2.87. The number of nitrogens with one attached hydrogen (secondary N) is 1. The maximum Gasteiger partial charge on any atom is 0.0452 e. The third-order valence-corrected chi connectivity index (χ3v) is 4.55. The van der Waals surface area contributed by atoms with Crippen molar-refractivity contribution in [3.05, 3.63) is 33.8 Å². The van der Waals surface area contributed by atoms with Gasteiger partial charge in [-0.2, -0.15) is 0 Å². The minimum absolute atomic E-state index is 0.636. The molecule has 1 N–H and O–H groups in total. The SMILES string of the molecule is CCCNC1CCCC1Cc1c(Cl)cccc1Cl. The molecule has 1 aromatic rings. The van der Waals surface area contributed by atoms with Gasteiger partial charge in [-0.1, -0.05) is 42.6 Å². The third kappa shape index (κ3) is 3.40. The van der Waals surface area contributed by atoms with E-state index in [9.17, 15) is 0 Å². The first kappa shape index (κ1) is 14.2. The largest absolute Gasteiger partial charge is 0.314 e. The zero-order chi connectivity index (χ0) is 13.0. The first-order valence-electron chi connectivity index (χ1n) is 6.88. The summed E-state index contributed by atoms with van der Waals surface area (Å²) < 4.78 is 0. The number of halogens is 2. The van der Waals surface area contributed by atoms with E-state index in [1.165, 1.54) is 25.7 Å². The van der Waals surface area contributed by atoms with Gasteiger partial charge in [-0.3, -0.25) is 0 Å². The molecule has 1 fully saturated rings. The third-order valence-electron chi connectivity index (χ3n) is 3.84. The van der Waals surface area contributed by atoms with Crippen LogP contribution in [0, 0.1) is 5.92 Å². The van der Waals surface area contributed by atoms with Gasteiger partial charge in [0.1, 0.15) is 0 Å². The minimum atomic E-state index is 0.636. The van der Waals surface area contributed by atoms with Crippen LogP contribution < -0.4 is 5.32 Å². The van der Waals surface area contributed by atoms with E-state index in [0.717, 1.165) is 28.6 Å². The smallest absolute Gasteiger partial charge is 0.0452 e. The normalized spacial score (nSPS) is 23.5. The fourth-order valence-corrected chi connectivity index (χ4v) is 3.42. The van der Waals surface area contributed by atoms with Gasteiger partial charge in [0.05, 0.1) is 0 Å². The molecule has 1 aliphatic carbocycles. The molecule has 18 heavy (non-hydrogen) atoms. The summed E-state index contributed by atoms with van der Waals surface area (Å²) in [6.07, 6.45) is 6.07. The van der Waals surface area contributed by atoms with E-state index in [0.29, 0.717) is 12.0 Å². The Balaban J connectivity index is 2.03. The average Bonchev–Trinajstić information content (AvgIpc) is 2.79. The van der Waals surface area contributed by atoms with Gasteiger partial charge in [-0.15, -0.1) is 0 Å². The van der Waals surface area contributed by atoms with Crippen molar-refractivity contribution in [2.75, 3.05) is 6.54 Å². The molecule has 0 bridgehead atoms. The molecule has 0 radical (unpaired) electrons. The molecule has 100 valence electrons. The Hall–Kier alpha value is -0.240. The number of hydrogen-bond donors (Lipinski definition) is 1. The van der Waals surface area contributed by atoms with Gasteiger partial charge in [-0.25, -0.2) is 0 Å². The van der Waals surface area contributed by atoms with Crippen molar-refractivity contribution in [2.24, 2.45) is 5.92 Å². The van der Waals surface area contributed by atoms with Crippen LogP contribution in [0.5, 0.6) is 0 Å². The Kier molecular flexibility index (Phi) is 5.35. The standard InChI is InChI=1S/C15H21Cl2N/c1-2-9-18-15-8-3-5-11(15)10-12-13(16)6-4-7-14(12)17/h4,6-7,11,15,18H,2-3,5,8-10H2,1H3. The van der Waals surface area contributed by atoms with Gasteiger partial charge < -0.3 is 5.32 Å². The van der Waals surface area contributed by atoms with Crippen LogP contribution in [0.1, 0.15) is 38.2 Å². The van der Waals surface area contributed by atoms with Crippen LogP contribution in [0.25, 0.3) is 0 Å². The van der Waals surface area contributed by atoms with Gasteiger partial charge in [0.25, 0.3) is 0 Å². The molecule has 0 aliphatic heterocycles. The van der Waals surface area contributed by atoms with Crippen molar-refractivity contribution in [3.8, 4) is 0 Å². The predicted molar refractivity (Wildman–Crippen MR) is 79.6 cm³/mol. The van der Waals surface area contributed by atoms with Gasteiger partial charge in [0.2, 0.25) is 0 Å². The summed E-state index contributed by atoms with van der Waals surface area (Å²) in [6.45, 7) is 3.32. The molecule has 1 nitrogen and oxygen atoms in total. The molecular formula is C15H21Cl2N. The highest BCUT2D eigenvalue weighted by atomic mass is 35.5.